The van der Waals surface area contributed by atoms with E-state index in [1.165, 1.54) is 0 Å². The minimum Gasteiger partial charge on any atom is -0.395 e. The summed E-state index contributed by atoms with van der Waals surface area (Å²) in [6, 6.07) is 5.91. The maximum Gasteiger partial charge on any atom is 0.0558 e. The molecule has 2 nitrogen and oxygen atoms in total. The number of nitrogens with zero attached hydrogens (tertiary/aromatic N) is 1. The molecule has 1 rings (SSSR count). The van der Waals surface area contributed by atoms with E-state index in [1.807, 2.05) is 18.2 Å². The molecule has 0 unspecified atom stereocenters. The van der Waals surface area contributed by atoms with E-state index in [2.05, 4.69) is 27.8 Å². The first-order chi connectivity index (χ1) is 7.67. The van der Waals surface area contributed by atoms with Crippen LogP contribution in [0.3, 0.4) is 0 Å². The monoisotopic (exact) mass is 305 g/mol. The second-order valence-corrected chi connectivity index (χ2v) is 5.06. The van der Waals surface area contributed by atoms with Gasteiger partial charge in [0.25, 0.3) is 0 Å². The normalized spacial score (nSPS) is 11.1. The van der Waals surface area contributed by atoms with Crippen LogP contribution in [0.2, 0.25) is 5.02 Å². The molecule has 0 amide bonds. The topological polar surface area (TPSA) is 23.5 Å². The Hall–Kier alpha value is -0.0900. The number of aliphatic hydroxyl groups is 1. The first-order valence-corrected chi connectivity index (χ1v) is 6.61. The summed E-state index contributed by atoms with van der Waals surface area (Å²) in [5.41, 5.74) is 1.10. The highest BCUT2D eigenvalue weighted by molar-refractivity contribution is 9.10. The second-order valence-electron chi connectivity index (χ2n) is 3.74. The van der Waals surface area contributed by atoms with Crippen molar-refractivity contribution in [3.63, 3.8) is 0 Å². The average Bonchev–Trinajstić information content (AvgIpc) is 2.23. The molecule has 0 saturated carbocycles. The van der Waals surface area contributed by atoms with E-state index in [0.717, 1.165) is 34.6 Å². The summed E-state index contributed by atoms with van der Waals surface area (Å²) in [5, 5.41) is 9.74. The van der Waals surface area contributed by atoms with E-state index in [1.54, 1.807) is 0 Å². The molecule has 1 aromatic rings. The van der Waals surface area contributed by atoms with E-state index < -0.39 is 0 Å². The van der Waals surface area contributed by atoms with Crippen LogP contribution >= 0.6 is 27.5 Å². The van der Waals surface area contributed by atoms with Gasteiger partial charge in [0.1, 0.15) is 0 Å². The maximum absolute atomic E-state index is 8.97. The third-order valence-electron chi connectivity index (χ3n) is 2.37. The Morgan fingerprint density at radius 3 is 2.69 bits per heavy atom. The van der Waals surface area contributed by atoms with E-state index in [0.29, 0.717) is 6.54 Å². The fraction of sp³-hybridized carbons (Fsp3) is 0.500. The fourth-order valence-corrected chi connectivity index (χ4v) is 2.35. The van der Waals surface area contributed by atoms with Crippen molar-refractivity contribution in [1.29, 1.82) is 0 Å². The summed E-state index contributed by atoms with van der Waals surface area (Å²) in [7, 11) is 0. The molecule has 0 aliphatic heterocycles. The molecule has 90 valence electrons. The highest BCUT2D eigenvalue weighted by Crippen LogP contribution is 2.22. The molecule has 4 heteroatoms. The molecule has 0 aromatic heterocycles. The molecule has 0 fully saturated rings. The molecular formula is C12H17BrClNO. The summed E-state index contributed by atoms with van der Waals surface area (Å²) in [4.78, 5) is 2.20. The first kappa shape index (κ1) is 14.0. The summed E-state index contributed by atoms with van der Waals surface area (Å²) in [5.74, 6) is 0. The molecular weight excluding hydrogens is 289 g/mol. The molecule has 0 aliphatic carbocycles. The Morgan fingerprint density at radius 2 is 2.12 bits per heavy atom. The summed E-state index contributed by atoms with van der Waals surface area (Å²) in [6.07, 6.45) is 1.08. The Bertz CT molecular complexity index is 327. The van der Waals surface area contributed by atoms with E-state index in [9.17, 15) is 0 Å². The lowest BCUT2D eigenvalue weighted by molar-refractivity contribution is 0.190. The highest BCUT2D eigenvalue weighted by Gasteiger charge is 2.07. The van der Waals surface area contributed by atoms with Gasteiger partial charge in [0, 0.05) is 22.6 Å². The van der Waals surface area contributed by atoms with Gasteiger partial charge in [-0.05, 0) is 30.7 Å². The van der Waals surface area contributed by atoms with Crippen molar-refractivity contribution in [1.82, 2.24) is 4.90 Å². The van der Waals surface area contributed by atoms with Gasteiger partial charge in [-0.15, -0.1) is 0 Å². The molecule has 1 aromatic carbocycles. The molecule has 0 heterocycles. The van der Waals surface area contributed by atoms with Crippen molar-refractivity contribution < 1.29 is 5.11 Å². The van der Waals surface area contributed by atoms with Crippen molar-refractivity contribution >= 4 is 27.5 Å². The summed E-state index contributed by atoms with van der Waals surface area (Å²) < 4.78 is 0.991. The zero-order valence-electron chi connectivity index (χ0n) is 9.42. The van der Waals surface area contributed by atoms with Crippen LogP contribution in [0.1, 0.15) is 18.9 Å². The lowest BCUT2D eigenvalue weighted by Crippen LogP contribution is -2.27. The van der Waals surface area contributed by atoms with Gasteiger partial charge >= 0.3 is 0 Å². The van der Waals surface area contributed by atoms with Gasteiger partial charge < -0.3 is 5.11 Å². The molecule has 16 heavy (non-hydrogen) atoms. The van der Waals surface area contributed by atoms with E-state index >= 15 is 0 Å². The number of hydrogen-bond donors (Lipinski definition) is 1. The first-order valence-electron chi connectivity index (χ1n) is 5.44. The fourth-order valence-electron chi connectivity index (χ4n) is 1.62. The number of hydrogen-bond acceptors (Lipinski definition) is 2. The van der Waals surface area contributed by atoms with Gasteiger partial charge in [-0.2, -0.15) is 0 Å². The van der Waals surface area contributed by atoms with Gasteiger partial charge in [-0.3, -0.25) is 4.90 Å². The number of halogens is 2. The third-order valence-corrected chi connectivity index (χ3v) is 3.21. The van der Waals surface area contributed by atoms with Crippen molar-refractivity contribution in [2.75, 3.05) is 19.7 Å². The van der Waals surface area contributed by atoms with Gasteiger partial charge in [0.05, 0.1) is 6.61 Å². The van der Waals surface area contributed by atoms with Crippen molar-refractivity contribution in [3.05, 3.63) is 33.3 Å². The third kappa shape index (κ3) is 4.42. The van der Waals surface area contributed by atoms with Crippen molar-refractivity contribution in [2.24, 2.45) is 0 Å². The predicted octanol–water partition coefficient (Wildman–Crippen LogP) is 3.31. The van der Waals surface area contributed by atoms with Crippen LogP contribution in [0.4, 0.5) is 0 Å². The van der Waals surface area contributed by atoms with Gasteiger partial charge in [0.15, 0.2) is 0 Å². The Labute approximate surface area is 110 Å². The van der Waals surface area contributed by atoms with Crippen LogP contribution in [0, 0.1) is 0 Å². The smallest absolute Gasteiger partial charge is 0.0558 e. The lowest BCUT2D eigenvalue weighted by atomic mass is 10.2. The summed E-state index contributed by atoms with van der Waals surface area (Å²) in [6.45, 7) is 4.79. The Morgan fingerprint density at radius 1 is 1.38 bits per heavy atom. The molecule has 0 radical (unpaired) electrons. The van der Waals surface area contributed by atoms with Gasteiger partial charge in [-0.25, -0.2) is 0 Å². The lowest BCUT2D eigenvalue weighted by Gasteiger charge is -2.21. The van der Waals surface area contributed by atoms with E-state index in [-0.39, 0.29) is 6.61 Å². The van der Waals surface area contributed by atoms with Crippen LogP contribution in [0.15, 0.2) is 22.7 Å². The predicted molar refractivity (Wildman–Crippen MR) is 71.8 cm³/mol. The van der Waals surface area contributed by atoms with Crippen LogP contribution in [0.25, 0.3) is 0 Å². The largest absolute Gasteiger partial charge is 0.395 e. The standard InChI is InChI=1S/C12H17BrClNO/c1-2-5-15(6-7-16)9-10-3-4-11(13)8-12(10)14/h3-4,8,16H,2,5-7,9H2,1H3. The zero-order chi connectivity index (χ0) is 12.0. The van der Waals surface area contributed by atoms with Crippen LogP contribution in [-0.2, 0) is 6.54 Å². The molecule has 0 atom stereocenters. The van der Waals surface area contributed by atoms with Crippen LogP contribution in [-0.4, -0.2) is 29.7 Å². The van der Waals surface area contributed by atoms with Gasteiger partial charge in [0.2, 0.25) is 0 Å². The quantitative estimate of drug-likeness (QED) is 0.871. The van der Waals surface area contributed by atoms with Crippen LogP contribution in [0.5, 0.6) is 0 Å². The number of rotatable bonds is 6. The number of benzene rings is 1. The second kappa shape index (κ2) is 7.28. The zero-order valence-corrected chi connectivity index (χ0v) is 11.8. The highest BCUT2D eigenvalue weighted by atomic mass is 79.9. The van der Waals surface area contributed by atoms with Crippen molar-refractivity contribution in [2.45, 2.75) is 19.9 Å². The van der Waals surface area contributed by atoms with Crippen molar-refractivity contribution in [3.8, 4) is 0 Å². The average molecular weight is 307 g/mol. The SMILES string of the molecule is CCCN(CCO)Cc1ccc(Br)cc1Cl. The van der Waals surface area contributed by atoms with Crippen LogP contribution < -0.4 is 0 Å². The number of aliphatic hydroxyl groups excluding tert-OH is 1. The Balaban J connectivity index is 2.68. The molecule has 0 aliphatic rings. The summed E-state index contributed by atoms with van der Waals surface area (Å²) >= 11 is 9.54. The molecule has 0 spiro atoms. The van der Waals surface area contributed by atoms with Gasteiger partial charge in [-0.1, -0.05) is 40.5 Å². The molecule has 0 saturated heterocycles. The Kier molecular flexibility index (Phi) is 6.36. The minimum absolute atomic E-state index is 0.189. The maximum atomic E-state index is 8.97. The minimum atomic E-state index is 0.189. The molecule has 0 bridgehead atoms. The van der Waals surface area contributed by atoms with E-state index in [4.69, 9.17) is 16.7 Å². The molecule has 1 N–H and O–H groups in total.